The second-order valence-corrected chi connectivity index (χ2v) is 3.22. The lowest BCUT2D eigenvalue weighted by Gasteiger charge is -2.11. The van der Waals surface area contributed by atoms with Crippen molar-refractivity contribution in [1.82, 2.24) is 4.98 Å². The number of aliphatic carboxylic acids is 1. The third-order valence-corrected chi connectivity index (χ3v) is 2.16. The molecule has 5 heteroatoms. The van der Waals surface area contributed by atoms with E-state index in [1.165, 1.54) is 7.11 Å². The molecule has 0 aromatic carbocycles. The Morgan fingerprint density at radius 2 is 2.27 bits per heavy atom. The molecule has 0 spiro atoms. The maximum atomic E-state index is 11.1. The van der Waals surface area contributed by atoms with Crippen LogP contribution in [0.25, 0.3) is 0 Å². The van der Waals surface area contributed by atoms with E-state index in [9.17, 15) is 9.59 Å². The fourth-order valence-corrected chi connectivity index (χ4v) is 1.39. The van der Waals surface area contributed by atoms with Gasteiger partial charge < -0.3 is 14.8 Å². The fraction of sp³-hybridized carbons (Fsp3) is 0.400. The van der Waals surface area contributed by atoms with Crippen LogP contribution < -0.4 is 0 Å². The number of hydrogen-bond acceptors (Lipinski definition) is 3. The Bertz CT molecular complexity index is 331. The van der Waals surface area contributed by atoms with Crippen molar-refractivity contribution < 1.29 is 19.4 Å². The molecule has 0 bridgehead atoms. The number of carbonyl (C=O) groups is 2. The maximum absolute atomic E-state index is 11.1. The molecule has 2 N–H and O–H groups in total. The third kappa shape index (κ3) is 3.46. The summed E-state index contributed by atoms with van der Waals surface area (Å²) in [5.41, 5.74) is 0.808. The summed E-state index contributed by atoms with van der Waals surface area (Å²) in [6.07, 6.45) is 3.39. The first kappa shape index (κ1) is 11.3. The monoisotopic (exact) mass is 211 g/mol. The van der Waals surface area contributed by atoms with Crippen LogP contribution in [0.1, 0.15) is 24.3 Å². The van der Waals surface area contributed by atoms with E-state index in [1.54, 1.807) is 18.5 Å². The molecular formula is C10H13NO4. The number of hydrogen-bond donors (Lipinski definition) is 2. The number of methoxy groups -OCH3 is 1. The summed E-state index contributed by atoms with van der Waals surface area (Å²) in [5.74, 6) is -1.66. The van der Waals surface area contributed by atoms with Gasteiger partial charge in [0.1, 0.15) is 0 Å². The van der Waals surface area contributed by atoms with Crippen LogP contribution in [0.3, 0.4) is 0 Å². The van der Waals surface area contributed by atoms with E-state index in [0.29, 0.717) is 0 Å². The van der Waals surface area contributed by atoms with E-state index in [0.717, 1.165) is 5.56 Å². The highest BCUT2D eigenvalue weighted by molar-refractivity contribution is 5.73. The number of H-pyrrole nitrogens is 1. The molecule has 1 rings (SSSR count). The molecule has 1 aromatic heterocycles. The molecule has 0 saturated carbocycles. The molecule has 0 aliphatic rings. The van der Waals surface area contributed by atoms with Gasteiger partial charge in [-0.05, 0) is 11.6 Å². The van der Waals surface area contributed by atoms with Crippen LogP contribution in [0.4, 0.5) is 0 Å². The molecule has 0 radical (unpaired) electrons. The van der Waals surface area contributed by atoms with Crippen molar-refractivity contribution in [2.75, 3.05) is 7.11 Å². The summed E-state index contributed by atoms with van der Waals surface area (Å²) in [6.45, 7) is 0. The highest BCUT2D eigenvalue weighted by Gasteiger charge is 2.19. The standard InChI is InChI=1S/C10H13NO4/c1-15-10(14)5-8(4-9(12)13)7-2-3-11-6-7/h2-3,6,8,11H,4-5H2,1H3,(H,12,13). The fourth-order valence-electron chi connectivity index (χ4n) is 1.39. The van der Waals surface area contributed by atoms with Crippen LogP contribution in [0.2, 0.25) is 0 Å². The van der Waals surface area contributed by atoms with Gasteiger partial charge >= 0.3 is 11.9 Å². The number of aromatic nitrogens is 1. The first-order chi connectivity index (χ1) is 7.13. The number of rotatable bonds is 5. The van der Waals surface area contributed by atoms with E-state index in [4.69, 9.17) is 5.11 Å². The minimum Gasteiger partial charge on any atom is -0.481 e. The zero-order valence-electron chi connectivity index (χ0n) is 8.40. The first-order valence-electron chi connectivity index (χ1n) is 4.54. The van der Waals surface area contributed by atoms with Gasteiger partial charge in [-0.25, -0.2) is 0 Å². The van der Waals surface area contributed by atoms with Crippen molar-refractivity contribution in [2.45, 2.75) is 18.8 Å². The van der Waals surface area contributed by atoms with E-state index in [-0.39, 0.29) is 18.8 Å². The van der Waals surface area contributed by atoms with Crippen molar-refractivity contribution in [2.24, 2.45) is 0 Å². The van der Waals surface area contributed by atoms with Crippen molar-refractivity contribution in [3.05, 3.63) is 24.0 Å². The molecule has 1 aromatic rings. The Balaban J connectivity index is 2.70. The summed E-state index contributed by atoms with van der Waals surface area (Å²) in [5, 5.41) is 8.71. The molecule has 1 heterocycles. The van der Waals surface area contributed by atoms with Gasteiger partial charge in [0, 0.05) is 18.3 Å². The number of ether oxygens (including phenoxy) is 1. The summed E-state index contributed by atoms with van der Waals surface area (Å²) in [7, 11) is 1.29. The Labute approximate surface area is 87.1 Å². The zero-order chi connectivity index (χ0) is 11.3. The molecule has 15 heavy (non-hydrogen) atoms. The Hall–Kier alpha value is -1.78. The molecule has 0 fully saturated rings. The Morgan fingerprint density at radius 1 is 1.53 bits per heavy atom. The quantitative estimate of drug-likeness (QED) is 0.715. The maximum Gasteiger partial charge on any atom is 0.306 e. The van der Waals surface area contributed by atoms with Gasteiger partial charge in [0.05, 0.1) is 20.0 Å². The van der Waals surface area contributed by atoms with Crippen molar-refractivity contribution in [3.8, 4) is 0 Å². The number of aromatic amines is 1. The highest BCUT2D eigenvalue weighted by atomic mass is 16.5. The predicted octanol–water partition coefficient (Wildman–Crippen LogP) is 1.14. The number of esters is 1. The lowest BCUT2D eigenvalue weighted by molar-refractivity contribution is -0.141. The van der Waals surface area contributed by atoms with Gasteiger partial charge in [0.2, 0.25) is 0 Å². The molecule has 1 atom stereocenters. The van der Waals surface area contributed by atoms with E-state index < -0.39 is 11.9 Å². The molecule has 0 saturated heterocycles. The second-order valence-electron chi connectivity index (χ2n) is 3.22. The van der Waals surface area contributed by atoms with Crippen LogP contribution in [-0.2, 0) is 14.3 Å². The number of carboxylic acid groups (broad SMARTS) is 1. The van der Waals surface area contributed by atoms with Crippen LogP contribution in [0.15, 0.2) is 18.5 Å². The minimum absolute atomic E-state index is 0.0764. The van der Waals surface area contributed by atoms with Crippen molar-refractivity contribution in [1.29, 1.82) is 0 Å². The molecule has 82 valence electrons. The van der Waals surface area contributed by atoms with E-state index >= 15 is 0 Å². The average Bonchev–Trinajstić information content (AvgIpc) is 2.68. The third-order valence-electron chi connectivity index (χ3n) is 2.16. The number of carboxylic acids is 1. The summed E-state index contributed by atoms with van der Waals surface area (Å²) >= 11 is 0. The Morgan fingerprint density at radius 3 is 2.73 bits per heavy atom. The molecule has 5 nitrogen and oxygen atoms in total. The second kappa shape index (κ2) is 5.19. The zero-order valence-corrected chi connectivity index (χ0v) is 8.40. The summed E-state index contributed by atoms with van der Waals surface area (Å²) in [4.78, 5) is 24.5. The van der Waals surface area contributed by atoms with Gasteiger partial charge in [-0.2, -0.15) is 0 Å². The lowest BCUT2D eigenvalue weighted by Crippen LogP contribution is -2.12. The van der Waals surface area contributed by atoms with E-state index in [2.05, 4.69) is 9.72 Å². The number of nitrogens with one attached hydrogen (secondary N) is 1. The largest absolute Gasteiger partial charge is 0.481 e. The van der Waals surface area contributed by atoms with Gasteiger partial charge in [-0.15, -0.1) is 0 Å². The molecule has 0 aliphatic carbocycles. The van der Waals surface area contributed by atoms with Crippen LogP contribution >= 0.6 is 0 Å². The summed E-state index contributed by atoms with van der Waals surface area (Å²) in [6, 6.07) is 1.76. The van der Waals surface area contributed by atoms with Crippen LogP contribution in [-0.4, -0.2) is 29.1 Å². The van der Waals surface area contributed by atoms with Gasteiger partial charge in [0.25, 0.3) is 0 Å². The summed E-state index contributed by atoms with van der Waals surface area (Å²) < 4.78 is 4.52. The smallest absolute Gasteiger partial charge is 0.306 e. The average molecular weight is 211 g/mol. The SMILES string of the molecule is COC(=O)CC(CC(=O)O)c1cc[nH]c1. The normalized spacial score (nSPS) is 12.1. The highest BCUT2D eigenvalue weighted by Crippen LogP contribution is 2.23. The molecule has 0 amide bonds. The first-order valence-corrected chi connectivity index (χ1v) is 4.54. The predicted molar refractivity (Wildman–Crippen MR) is 52.4 cm³/mol. The van der Waals surface area contributed by atoms with Crippen LogP contribution in [0.5, 0.6) is 0 Å². The molecule has 0 aliphatic heterocycles. The topological polar surface area (TPSA) is 79.4 Å². The van der Waals surface area contributed by atoms with Gasteiger partial charge in [-0.1, -0.05) is 0 Å². The molecular weight excluding hydrogens is 198 g/mol. The minimum atomic E-state index is -0.926. The van der Waals surface area contributed by atoms with Gasteiger partial charge in [-0.3, -0.25) is 9.59 Å². The number of carbonyl (C=O) groups excluding carboxylic acids is 1. The van der Waals surface area contributed by atoms with E-state index in [1.807, 2.05) is 0 Å². The Kier molecular flexibility index (Phi) is 3.91. The van der Waals surface area contributed by atoms with Gasteiger partial charge in [0.15, 0.2) is 0 Å². The molecule has 1 unspecified atom stereocenters. The lowest BCUT2D eigenvalue weighted by atomic mass is 9.95. The van der Waals surface area contributed by atoms with Crippen LogP contribution in [0, 0.1) is 0 Å². The van der Waals surface area contributed by atoms with Crippen molar-refractivity contribution in [3.63, 3.8) is 0 Å². The van der Waals surface area contributed by atoms with Crippen molar-refractivity contribution >= 4 is 11.9 Å².